The van der Waals surface area contributed by atoms with Crippen LogP contribution in [0, 0.1) is 6.92 Å². The second-order valence-electron chi connectivity index (χ2n) is 7.47. The Bertz CT molecular complexity index is 1110. The van der Waals surface area contributed by atoms with Crippen LogP contribution in [-0.2, 0) is 6.18 Å². The Morgan fingerprint density at radius 3 is 2.47 bits per heavy atom. The number of amides is 2. The van der Waals surface area contributed by atoms with Crippen molar-refractivity contribution in [3.63, 3.8) is 0 Å². The molecule has 14 heteroatoms. The lowest BCUT2D eigenvalue weighted by molar-refractivity contribution is -0.145. The van der Waals surface area contributed by atoms with E-state index in [9.17, 15) is 32.7 Å². The number of alkyl halides is 3. The molecule has 0 bridgehead atoms. The minimum atomic E-state index is -4.81. The third kappa shape index (κ3) is 5.79. The first-order valence-electron chi connectivity index (χ1n) is 10.1. The Morgan fingerprint density at radius 2 is 1.88 bits per heavy atom. The Morgan fingerprint density at radius 1 is 1.21 bits per heavy atom. The fourth-order valence-corrected chi connectivity index (χ4v) is 4.02. The van der Waals surface area contributed by atoms with Crippen molar-refractivity contribution in [3.8, 4) is 0 Å². The summed E-state index contributed by atoms with van der Waals surface area (Å²) in [5.74, 6) is -3.12. The maximum Gasteiger partial charge on any atom is 0.451 e. The molecule has 0 aromatic carbocycles. The zero-order valence-electron chi connectivity index (χ0n) is 18.2. The first kappa shape index (κ1) is 25.3. The molecule has 1 aliphatic heterocycles. The van der Waals surface area contributed by atoms with Crippen molar-refractivity contribution < 1.29 is 32.7 Å². The van der Waals surface area contributed by atoms with E-state index in [2.05, 4.69) is 25.3 Å². The average molecular weight is 498 g/mol. The summed E-state index contributed by atoms with van der Waals surface area (Å²) in [6.07, 6.45) is -2.31. The number of carbonyl (C=O) groups excluding carboxylic acids is 2. The smallest absolute Gasteiger partial charge is 0.451 e. The highest BCUT2D eigenvalue weighted by atomic mass is 32.2. The number of thioether (sulfide) groups is 1. The molecule has 3 rings (SSSR count). The van der Waals surface area contributed by atoms with Crippen LogP contribution in [0.1, 0.15) is 56.8 Å². The van der Waals surface area contributed by atoms with Crippen molar-refractivity contribution in [2.45, 2.75) is 37.0 Å². The molecule has 2 amide bonds. The Labute approximate surface area is 196 Å². The average Bonchev–Trinajstić information content (AvgIpc) is 2.81. The molecule has 0 aliphatic carbocycles. The summed E-state index contributed by atoms with van der Waals surface area (Å²) in [4.78, 5) is 53.0. The summed E-state index contributed by atoms with van der Waals surface area (Å²) in [5, 5.41) is 11.9. The van der Waals surface area contributed by atoms with Gasteiger partial charge in [-0.25, -0.2) is 24.7 Å². The molecular formula is C20H21F3N6O4S. The summed E-state index contributed by atoms with van der Waals surface area (Å²) < 4.78 is 38.4. The predicted molar refractivity (Wildman–Crippen MR) is 114 cm³/mol. The number of rotatable bonds is 6. The van der Waals surface area contributed by atoms with E-state index in [-0.39, 0.29) is 24.6 Å². The number of nitrogens with one attached hydrogen (secondary N) is 1. The van der Waals surface area contributed by atoms with E-state index >= 15 is 0 Å². The topological polar surface area (TPSA) is 138 Å². The number of carbonyl (C=O) groups is 3. The Hall–Kier alpha value is -3.29. The summed E-state index contributed by atoms with van der Waals surface area (Å²) in [5.41, 5.74) is 0.561. The SMILES string of the molecule is CSc1nc(C)c(C(=O)CNC(=O)c2ccnc(C(F)(F)F)n2)c(C2CCN(C(=O)O)CC2)n1. The van der Waals surface area contributed by atoms with Crippen LogP contribution < -0.4 is 5.32 Å². The fourth-order valence-electron chi connectivity index (χ4n) is 3.61. The third-order valence-corrected chi connectivity index (χ3v) is 5.81. The lowest BCUT2D eigenvalue weighted by Crippen LogP contribution is -2.37. The zero-order valence-corrected chi connectivity index (χ0v) is 19.0. The monoisotopic (exact) mass is 498 g/mol. The van der Waals surface area contributed by atoms with Gasteiger partial charge < -0.3 is 15.3 Å². The lowest BCUT2D eigenvalue weighted by atomic mass is 9.89. The number of aryl methyl sites for hydroxylation is 1. The molecular weight excluding hydrogens is 477 g/mol. The van der Waals surface area contributed by atoms with Crippen molar-refractivity contribution in [2.24, 2.45) is 0 Å². The molecule has 34 heavy (non-hydrogen) atoms. The number of piperidine rings is 1. The molecule has 1 fully saturated rings. The first-order chi connectivity index (χ1) is 16.0. The number of aromatic nitrogens is 4. The fraction of sp³-hybridized carbons (Fsp3) is 0.450. The van der Waals surface area contributed by atoms with Crippen molar-refractivity contribution in [1.29, 1.82) is 0 Å². The van der Waals surface area contributed by atoms with Crippen LogP contribution in [0.5, 0.6) is 0 Å². The lowest BCUT2D eigenvalue weighted by Gasteiger charge is -2.30. The quantitative estimate of drug-likeness (QED) is 0.350. The van der Waals surface area contributed by atoms with Gasteiger partial charge in [-0.15, -0.1) is 0 Å². The molecule has 1 saturated heterocycles. The van der Waals surface area contributed by atoms with Gasteiger partial charge >= 0.3 is 12.3 Å². The minimum absolute atomic E-state index is 0.186. The predicted octanol–water partition coefficient (Wildman–Crippen LogP) is 2.79. The maximum absolute atomic E-state index is 13.0. The van der Waals surface area contributed by atoms with E-state index in [1.807, 2.05) is 0 Å². The molecule has 182 valence electrons. The first-order valence-corrected chi connectivity index (χ1v) is 11.4. The summed E-state index contributed by atoms with van der Waals surface area (Å²) in [6, 6.07) is 1.01. The minimum Gasteiger partial charge on any atom is -0.465 e. The van der Waals surface area contributed by atoms with Crippen molar-refractivity contribution >= 4 is 29.5 Å². The molecule has 0 radical (unpaired) electrons. The van der Waals surface area contributed by atoms with Gasteiger partial charge in [0.05, 0.1) is 23.5 Å². The summed E-state index contributed by atoms with van der Waals surface area (Å²) >= 11 is 1.29. The second kappa shape index (κ2) is 10.3. The van der Waals surface area contributed by atoms with Gasteiger partial charge in [-0.05, 0) is 32.1 Å². The van der Waals surface area contributed by atoms with Gasteiger partial charge in [-0.1, -0.05) is 11.8 Å². The van der Waals surface area contributed by atoms with Crippen molar-refractivity contribution in [1.82, 2.24) is 30.2 Å². The number of hydrogen-bond donors (Lipinski definition) is 2. The molecule has 10 nitrogen and oxygen atoms in total. The van der Waals surface area contributed by atoms with E-state index in [0.29, 0.717) is 29.4 Å². The van der Waals surface area contributed by atoms with Crippen LogP contribution in [-0.4, -0.2) is 73.6 Å². The van der Waals surface area contributed by atoms with Crippen LogP contribution in [0.3, 0.4) is 0 Å². The standard InChI is InChI=1S/C20H21F3N6O4S/c1-10-14(13(30)9-25-16(31)12-3-6-24-17(27-12)20(21,22)23)15(28-18(26-10)34-2)11-4-7-29(8-5-11)19(32)33/h3,6,11H,4-5,7-9H2,1-2H3,(H,25,31)(H,32,33). The van der Waals surface area contributed by atoms with Gasteiger partial charge in [0.25, 0.3) is 5.91 Å². The van der Waals surface area contributed by atoms with Crippen molar-refractivity contribution in [3.05, 3.63) is 40.7 Å². The molecule has 2 N–H and O–H groups in total. The Balaban J connectivity index is 1.79. The molecule has 0 saturated carbocycles. The number of ketones is 1. The summed E-state index contributed by atoms with van der Waals surface area (Å²) in [6.45, 7) is 1.70. The van der Waals surface area contributed by atoms with Gasteiger partial charge in [0.2, 0.25) is 5.82 Å². The second-order valence-corrected chi connectivity index (χ2v) is 8.24. The third-order valence-electron chi connectivity index (χ3n) is 5.26. The van der Waals surface area contributed by atoms with Crippen molar-refractivity contribution in [2.75, 3.05) is 25.9 Å². The Kier molecular flexibility index (Phi) is 7.69. The highest BCUT2D eigenvalue weighted by Crippen LogP contribution is 2.31. The highest BCUT2D eigenvalue weighted by Gasteiger charge is 2.35. The summed E-state index contributed by atoms with van der Waals surface area (Å²) in [7, 11) is 0. The van der Waals surface area contributed by atoms with Gasteiger partial charge in [0, 0.05) is 25.2 Å². The number of carboxylic acid groups (broad SMARTS) is 1. The van der Waals surface area contributed by atoms with Gasteiger partial charge in [0.1, 0.15) is 5.69 Å². The number of Topliss-reactive ketones (excluding diaryl/α,β-unsaturated/α-hetero) is 1. The number of likely N-dealkylation sites (tertiary alicyclic amines) is 1. The molecule has 0 spiro atoms. The van der Waals surface area contributed by atoms with Crippen LogP contribution in [0.2, 0.25) is 0 Å². The van der Waals surface area contributed by atoms with Gasteiger partial charge in [0.15, 0.2) is 10.9 Å². The molecule has 2 aromatic rings. The largest absolute Gasteiger partial charge is 0.465 e. The molecule has 0 unspecified atom stereocenters. The van der Waals surface area contributed by atoms with E-state index in [1.54, 1.807) is 13.2 Å². The number of hydrogen-bond acceptors (Lipinski definition) is 8. The van der Waals surface area contributed by atoms with E-state index in [0.717, 1.165) is 12.3 Å². The number of nitrogens with zero attached hydrogens (tertiary/aromatic N) is 5. The van der Waals surface area contributed by atoms with Gasteiger partial charge in [-0.2, -0.15) is 13.2 Å². The van der Waals surface area contributed by atoms with Crippen LogP contribution >= 0.6 is 11.8 Å². The maximum atomic E-state index is 13.0. The normalized spacial score (nSPS) is 14.7. The van der Waals surface area contributed by atoms with E-state index < -0.39 is 42.0 Å². The van der Waals surface area contributed by atoms with Gasteiger partial charge in [-0.3, -0.25) is 9.59 Å². The highest BCUT2D eigenvalue weighted by molar-refractivity contribution is 7.98. The van der Waals surface area contributed by atoms with Crippen LogP contribution in [0.25, 0.3) is 0 Å². The zero-order chi connectivity index (χ0) is 25.0. The van der Waals surface area contributed by atoms with Crippen LogP contribution in [0.4, 0.5) is 18.0 Å². The molecule has 1 aliphatic rings. The molecule has 0 atom stereocenters. The number of halogens is 3. The molecule has 3 heterocycles. The van der Waals surface area contributed by atoms with E-state index in [1.165, 1.54) is 16.7 Å². The molecule has 2 aromatic heterocycles. The van der Waals surface area contributed by atoms with Crippen LogP contribution in [0.15, 0.2) is 17.4 Å². The van der Waals surface area contributed by atoms with E-state index in [4.69, 9.17) is 0 Å².